The Kier molecular flexibility index (Phi) is 2.41. The van der Waals surface area contributed by atoms with Crippen molar-refractivity contribution < 1.29 is 14.3 Å². The zero-order valence-corrected chi connectivity index (χ0v) is 10.8. The number of carbonyl (C=O) groups excluding carboxylic acids is 2. The van der Waals surface area contributed by atoms with Gasteiger partial charge in [0.05, 0.1) is 24.7 Å². The van der Waals surface area contributed by atoms with Crippen LogP contribution in [0.5, 0.6) is 0 Å². The van der Waals surface area contributed by atoms with E-state index in [1.54, 1.807) is 13.8 Å². The van der Waals surface area contributed by atoms with Gasteiger partial charge in [0.2, 0.25) is 5.91 Å². The molecule has 1 atom stereocenters. The molecule has 0 aromatic heterocycles. The molecule has 0 saturated carbocycles. The molecule has 0 fully saturated rings. The average molecular weight is 261 g/mol. The van der Waals surface area contributed by atoms with E-state index in [-0.39, 0.29) is 12.5 Å². The fraction of sp³-hybridized carbons (Fsp3) is 0.385. The zero-order valence-electron chi connectivity index (χ0n) is 10.8. The molecule has 6 heteroatoms. The molecule has 2 aliphatic heterocycles. The predicted molar refractivity (Wildman–Crippen MR) is 71.2 cm³/mol. The molecule has 0 aliphatic carbocycles. The van der Waals surface area contributed by atoms with E-state index in [2.05, 4.69) is 16.0 Å². The monoisotopic (exact) mass is 261 g/mol. The van der Waals surface area contributed by atoms with Gasteiger partial charge in [-0.15, -0.1) is 0 Å². The molecule has 3 N–H and O–H groups in total. The Morgan fingerprint density at radius 3 is 2.68 bits per heavy atom. The van der Waals surface area contributed by atoms with Crippen molar-refractivity contribution in [3.05, 3.63) is 17.7 Å². The molecule has 6 nitrogen and oxygen atoms in total. The summed E-state index contributed by atoms with van der Waals surface area (Å²) in [6, 6.07) is 3.67. The third-order valence-electron chi connectivity index (χ3n) is 3.64. The maximum absolute atomic E-state index is 12.1. The molecular formula is C13H15N3O3. The minimum Gasteiger partial charge on any atom is -0.465 e. The van der Waals surface area contributed by atoms with Crippen molar-refractivity contribution in [2.45, 2.75) is 19.3 Å². The minimum atomic E-state index is -1.27. The first-order valence-electron chi connectivity index (χ1n) is 6.22. The molecule has 3 rings (SSSR count). The molecule has 1 unspecified atom stereocenters. The molecule has 0 saturated heterocycles. The second-order valence-electron chi connectivity index (χ2n) is 4.77. The predicted octanol–water partition coefficient (Wildman–Crippen LogP) is 1.25. The van der Waals surface area contributed by atoms with Crippen LogP contribution in [0.1, 0.15) is 19.4 Å². The van der Waals surface area contributed by atoms with Crippen LogP contribution in [0.15, 0.2) is 12.1 Å². The molecule has 19 heavy (non-hydrogen) atoms. The largest absolute Gasteiger partial charge is 0.465 e. The van der Waals surface area contributed by atoms with E-state index in [9.17, 15) is 9.59 Å². The van der Waals surface area contributed by atoms with Gasteiger partial charge >= 0.3 is 5.97 Å². The number of anilines is 3. The van der Waals surface area contributed by atoms with Crippen molar-refractivity contribution in [3.63, 3.8) is 0 Å². The van der Waals surface area contributed by atoms with Crippen molar-refractivity contribution in [1.29, 1.82) is 0 Å². The molecule has 100 valence electrons. The minimum absolute atomic E-state index is 0.252. The number of nitrogens with one attached hydrogen (secondary N) is 3. The number of rotatable bonds is 2. The summed E-state index contributed by atoms with van der Waals surface area (Å²) < 4.78 is 5.04. The lowest BCUT2D eigenvalue weighted by Gasteiger charge is -2.20. The third kappa shape index (κ3) is 1.49. The molecule has 1 aromatic rings. The van der Waals surface area contributed by atoms with Gasteiger partial charge in [0.25, 0.3) is 0 Å². The lowest BCUT2D eigenvalue weighted by atomic mass is 9.83. The van der Waals surface area contributed by atoms with Crippen LogP contribution in [-0.2, 0) is 19.7 Å². The number of hydrogen-bond donors (Lipinski definition) is 3. The van der Waals surface area contributed by atoms with E-state index in [4.69, 9.17) is 4.74 Å². The van der Waals surface area contributed by atoms with Crippen molar-refractivity contribution in [1.82, 2.24) is 0 Å². The zero-order chi connectivity index (χ0) is 13.6. The van der Waals surface area contributed by atoms with Gasteiger partial charge in [-0.05, 0) is 26.0 Å². The second-order valence-corrected chi connectivity index (χ2v) is 4.77. The van der Waals surface area contributed by atoms with Gasteiger partial charge in [-0.25, -0.2) is 0 Å². The molecule has 0 spiro atoms. The highest BCUT2D eigenvalue weighted by Gasteiger charge is 2.50. The number of esters is 1. The van der Waals surface area contributed by atoms with Crippen molar-refractivity contribution in [2.24, 2.45) is 0 Å². The number of ether oxygens (including phenoxy) is 1. The van der Waals surface area contributed by atoms with E-state index in [0.717, 1.165) is 11.4 Å². The third-order valence-corrected chi connectivity index (χ3v) is 3.64. The van der Waals surface area contributed by atoms with Crippen LogP contribution in [0.3, 0.4) is 0 Å². The maximum atomic E-state index is 12.1. The number of hydrogen-bond acceptors (Lipinski definition) is 5. The van der Waals surface area contributed by atoms with Gasteiger partial charge in [-0.1, -0.05) is 0 Å². The van der Waals surface area contributed by atoms with Crippen molar-refractivity contribution >= 4 is 28.9 Å². The Labute approximate surface area is 110 Å². The van der Waals surface area contributed by atoms with Crippen molar-refractivity contribution in [2.75, 3.05) is 29.2 Å². The summed E-state index contributed by atoms with van der Waals surface area (Å²) >= 11 is 0. The molecular weight excluding hydrogens is 246 g/mol. The number of fused-ring (bicyclic) bond motifs is 2. The van der Waals surface area contributed by atoms with E-state index in [1.165, 1.54) is 0 Å². The normalized spacial score (nSPS) is 22.9. The highest BCUT2D eigenvalue weighted by atomic mass is 16.5. The van der Waals surface area contributed by atoms with Gasteiger partial charge in [-0.3, -0.25) is 9.59 Å². The first kappa shape index (κ1) is 11.8. The Morgan fingerprint density at radius 2 is 2.00 bits per heavy atom. The summed E-state index contributed by atoms with van der Waals surface area (Å²) in [5.41, 5.74) is 1.87. The highest BCUT2D eigenvalue weighted by Crippen LogP contribution is 2.43. The smallest absolute Gasteiger partial charge is 0.326 e. The van der Waals surface area contributed by atoms with E-state index in [1.807, 2.05) is 12.1 Å². The first-order valence-corrected chi connectivity index (χ1v) is 6.22. The van der Waals surface area contributed by atoms with Gasteiger partial charge in [0.15, 0.2) is 5.41 Å². The van der Waals surface area contributed by atoms with Crippen LogP contribution in [0, 0.1) is 0 Å². The number of benzene rings is 1. The van der Waals surface area contributed by atoms with E-state index >= 15 is 0 Å². The molecule has 0 radical (unpaired) electrons. The van der Waals surface area contributed by atoms with Gasteiger partial charge in [0.1, 0.15) is 0 Å². The summed E-state index contributed by atoms with van der Waals surface area (Å²) in [4.78, 5) is 24.3. The summed E-state index contributed by atoms with van der Waals surface area (Å²) in [7, 11) is 0. The number of carbonyl (C=O) groups is 2. The van der Waals surface area contributed by atoms with Crippen LogP contribution < -0.4 is 16.0 Å². The SMILES string of the molecule is CCOC(=O)C1(C)C(=O)Nc2cc3c(cc21)NCN3. The Hall–Kier alpha value is -2.24. The van der Waals surface area contributed by atoms with E-state index < -0.39 is 11.4 Å². The Bertz CT molecular complexity index is 585. The molecule has 2 heterocycles. The molecule has 2 aliphatic rings. The van der Waals surface area contributed by atoms with Gasteiger partial charge in [-0.2, -0.15) is 0 Å². The van der Waals surface area contributed by atoms with Gasteiger partial charge in [0, 0.05) is 11.3 Å². The Morgan fingerprint density at radius 1 is 1.32 bits per heavy atom. The van der Waals surface area contributed by atoms with Crippen LogP contribution in [-0.4, -0.2) is 25.2 Å². The first-order chi connectivity index (χ1) is 9.07. The van der Waals surface area contributed by atoms with Gasteiger partial charge < -0.3 is 20.7 Å². The molecule has 1 aromatic carbocycles. The average Bonchev–Trinajstić information content (AvgIpc) is 2.92. The topological polar surface area (TPSA) is 79.5 Å². The lowest BCUT2D eigenvalue weighted by molar-refractivity contribution is -0.152. The maximum Gasteiger partial charge on any atom is 0.326 e. The van der Waals surface area contributed by atoms with Crippen LogP contribution in [0.4, 0.5) is 17.1 Å². The fourth-order valence-corrected chi connectivity index (χ4v) is 2.49. The fourth-order valence-electron chi connectivity index (χ4n) is 2.49. The molecule has 1 amide bonds. The van der Waals surface area contributed by atoms with Crippen LogP contribution in [0.25, 0.3) is 0 Å². The van der Waals surface area contributed by atoms with Crippen molar-refractivity contribution in [3.8, 4) is 0 Å². The second kappa shape index (κ2) is 3.88. The van der Waals surface area contributed by atoms with Crippen LogP contribution in [0.2, 0.25) is 0 Å². The summed E-state index contributed by atoms with van der Waals surface area (Å²) in [5, 5.41) is 9.05. The summed E-state index contributed by atoms with van der Waals surface area (Å²) in [6.07, 6.45) is 0. The van der Waals surface area contributed by atoms with E-state index in [0.29, 0.717) is 17.9 Å². The molecule has 0 bridgehead atoms. The quantitative estimate of drug-likeness (QED) is 0.551. The summed E-state index contributed by atoms with van der Waals surface area (Å²) in [6.45, 7) is 4.22. The Balaban J connectivity index is 2.11. The number of amides is 1. The standard InChI is InChI=1S/C13H15N3O3/c1-3-19-12(18)13(2)7-4-9-10(15-6-14-9)5-8(7)16-11(13)17/h4-5,14-15H,3,6H2,1-2H3,(H,16,17). The lowest BCUT2D eigenvalue weighted by Crippen LogP contribution is -2.40. The van der Waals surface area contributed by atoms with Crippen LogP contribution >= 0.6 is 0 Å². The summed E-state index contributed by atoms with van der Waals surface area (Å²) in [5.74, 6) is -0.859. The highest BCUT2D eigenvalue weighted by molar-refractivity contribution is 6.19.